The van der Waals surface area contributed by atoms with Crippen LogP contribution < -0.4 is 4.74 Å². The molecular weight excluding hydrogens is 414 g/mol. The molecule has 1 aliphatic rings. The number of piperazine rings is 1. The Balaban J connectivity index is 1.35. The number of carbonyl (C=O) groups excluding carboxylic acids is 2. The Morgan fingerprint density at radius 2 is 1.87 bits per heavy atom. The molecule has 0 atom stereocenters. The normalized spacial score (nSPS) is 14.0. The van der Waals surface area contributed by atoms with Crippen LogP contribution in [-0.2, 0) is 11.2 Å². The lowest BCUT2D eigenvalue weighted by Gasteiger charge is -2.34. The Morgan fingerprint density at radius 3 is 2.55 bits per heavy atom. The lowest BCUT2D eigenvalue weighted by atomic mass is 10.1. The first kappa shape index (κ1) is 21.1. The maximum atomic E-state index is 12.9. The molecule has 1 aliphatic heterocycles. The van der Waals surface area contributed by atoms with E-state index in [1.807, 2.05) is 43.5 Å². The first-order valence-electron chi connectivity index (χ1n) is 10.2. The van der Waals surface area contributed by atoms with E-state index in [0.717, 1.165) is 10.4 Å². The van der Waals surface area contributed by atoms with Crippen molar-refractivity contribution in [2.24, 2.45) is 0 Å². The van der Waals surface area contributed by atoms with Gasteiger partial charge in [-0.2, -0.15) is 0 Å². The highest BCUT2D eigenvalue weighted by Crippen LogP contribution is 2.26. The van der Waals surface area contributed by atoms with E-state index < -0.39 is 0 Å². The number of carbonyl (C=O) groups is 2. The summed E-state index contributed by atoms with van der Waals surface area (Å²) in [5.41, 5.74) is 2.25. The molecule has 2 amide bonds. The van der Waals surface area contributed by atoms with E-state index in [1.165, 1.54) is 0 Å². The standard InChI is InChI=1S/C23H25N3O4S/c1-15-6-7-17(13-19(15)29-3)23(28)26-10-8-25(9-11-26)21(27)14-18-16(2)30-22(24-18)20-5-4-12-31-20/h4-7,12-13H,8-11,14H2,1-3H3. The largest absolute Gasteiger partial charge is 0.496 e. The first-order valence-corrected chi connectivity index (χ1v) is 11.1. The molecule has 162 valence electrons. The molecule has 0 unspecified atom stereocenters. The molecule has 1 aromatic carbocycles. The van der Waals surface area contributed by atoms with Crippen molar-refractivity contribution in [3.63, 3.8) is 0 Å². The van der Waals surface area contributed by atoms with E-state index in [2.05, 4.69) is 4.98 Å². The molecule has 3 heterocycles. The van der Waals surface area contributed by atoms with Crippen LogP contribution in [0, 0.1) is 13.8 Å². The number of hydrogen-bond acceptors (Lipinski definition) is 6. The smallest absolute Gasteiger partial charge is 0.254 e. The zero-order valence-electron chi connectivity index (χ0n) is 17.9. The molecule has 0 saturated carbocycles. The van der Waals surface area contributed by atoms with Crippen LogP contribution in [0.4, 0.5) is 0 Å². The lowest BCUT2D eigenvalue weighted by Crippen LogP contribution is -2.51. The zero-order valence-corrected chi connectivity index (χ0v) is 18.7. The van der Waals surface area contributed by atoms with Gasteiger partial charge in [0.05, 0.1) is 24.1 Å². The van der Waals surface area contributed by atoms with Crippen LogP contribution in [0.5, 0.6) is 5.75 Å². The second-order valence-corrected chi connectivity index (χ2v) is 8.48. The van der Waals surface area contributed by atoms with Gasteiger partial charge in [0.25, 0.3) is 5.91 Å². The molecular formula is C23H25N3O4S. The Bertz CT molecular complexity index is 1080. The van der Waals surface area contributed by atoms with Gasteiger partial charge in [0, 0.05) is 31.7 Å². The highest BCUT2D eigenvalue weighted by Gasteiger charge is 2.26. The van der Waals surface area contributed by atoms with Crippen molar-refractivity contribution >= 4 is 23.2 Å². The van der Waals surface area contributed by atoms with Crippen LogP contribution in [0.2, 0.25) is 0 Å². The number of methoxy groups -OCH3 is 1. The number of oxazole rings is 1. The van der Waals surface area contributed by atoms with Crippen LogP contribution in [0.25, 0.3) is 10.8 Å². The fourth-order valence-electron chi connectivity index (χ4n) is 3.65. The molecule has 4 rings (SSSR count). The second-order valence-electron chi connectivity index (χ2n) is 7.53. The van der Waals surface area contributed by atoms with Gasteiger partial charge in [0.2, 0.25) is 11.8 Å². The molecule has 7 nitrogen and oxygen atoms in total. The third-order valence-corrected chi connectivity index (χ3v) is 6.38. The van der Waals surface area contributed by atoms with Crippen molar-refractivity contribution in [1.29, 1.82) is 0 Å². The average Bonchev–Trinajstić information content (AvgIpc) is 3.44. The van der Waals surface area contributed by atoms with E-state index in [0.29, 0.717) is 54.8 Å². The minimum Gasteiger partial charge on any atom is -0.496 e. The number of rotatable bonds is 5. The maximum absolute atomic E-state index is 12.9. The highest BCUT2D eigenvalue weighted by atomic mass is 32.1. The second kappa shape index (κ2) is 8.93. The number of thiophene rings is 1. The number of amides is 2. The maximum Gasteiger partial charge on any atom is 0.254 e. The van der Waals surface area contributed by atoms with Crippen LogP contribution >= 0.6 is 11.3 Å². The van der Waals surface area contributed by atoms with Gasteiger partial charge < -0.3 is 19.0 Å². The van der Waals surface area contributed by atoms with Gasteiger partial charge in [-0.15, -0.1) is 11.3 Å². The van der Waals surface area contributed by atoms with Crippen molar-refractivity contribution < 1.29 is 18.7 Å². The van der Waals surface area contributed by atoms with Gasteiger partial charge in [-0.3, -0.25) is 9.59 Å². The Labute approximate surface area is 185 Å². The third-order valence-electron chi connectivity index (χ3n) is 5.52. The number of aromatic nitrogens is 1. The van der Waals surface area contributed by atoms with Gasteiger partial charge in [-0.05, 0) is 43.0 Å². The molecule has 0 radical (unpaired) electrons. The Morgan fingerprint density at radius 1 is 1.13 bits per heavy atom. The number of aryl methyl sites for hydroxylation is 2. The van der Waals surface area contributed by atoms with E-state index in [-0.39, 0.29) is 18.2 Å². The van der Waals surface area contributed by atoms with E-state index in [1.54, 1.807) is 34.3 Å². The molecule has 0 spiro atoms. The van der Waals surface area contributed by atoms with Crippen molar-refractivity contribution in [3.8, 4) is 16.5 Å². The first-order chi connectivity index (χ1) is 15.0. The molecule has 8 heteroatoms. The molecule has 0 N–H and O–H groups in total. The number of nitrogens with zero attached hydrogens (tertiary/aromatic N) is 3. The average molecular weight is 440 g/mol. The molecule has 1 saturated heterocycles. The summed E-state index contributed by atoms with van der Waals surface area (Å²) in [6.07, 6.45) is 0.198. The minimum atomic E-state index is -0.0432. The van der Waals surface area contributed by atoms with Gasteiger partial charge in [0.1, 0.15) is 11.5 Å². The van der Waals surface area contributed by atoms with E-state index in [9.17, 15) is 9.59 Å². The summed E-state index contributed by atoms with van der Waals surface area (Å²) in [7, 11) is 1.60. The van der Waals surface area contributed by atoms with E-state index >= 15 is 0 Å². The predicted octanol–water partition coefficient (Wildman–Crippen LogP) is 3.56. The molecule has 2 aromatic heterocycles. The third kappa shape index (κ3) is 4.49. The molecule has 3 aromatic rings. The zero-order chi connectivity index (χ0) is 22.0. The van der Waals surface area contributed by atoms with Crippen LogP contribution in [0.1, 0.15) is 27.4 Å². The SMILES string of the molecule is COc1cc(C(=O)N2CCN(C(=O)Cc3nc(-c4cccs4)oc3C)CC2)ccc1C. The summed E-state index contributed by atoms with van der Waals surface area (Å²) < 4.78 is 11.1. The van der Waals surface area contributed by atoms with Gasteiger partial charge in [-0.25, -0.2) is 4.98 Å². The quantitative estimate of drug-likeness (QED) is 0.608. The summed E-state index contributed by atoms with van der Waals surface area (Å²) in [6, 6.07) is 9.36. The highest BCUT2D eigenvalue weighted by molar-refractivity contribution is 7.13. The summed E-state index contributed by atoms with van der Waals surface area (Å²) in [5, 5.41) is 1.97. The van der Waals surface area contributed by atoms with Crippen molar-refractivity contribution in [1.82, 2.24) is 14.8 Å². The number of ether oxygens (including phenoxy) is 1. The van der Waals surface area contributed by atoms with Crippen LogP contribution in [0.15, 0.2) is 40.1 Å². The van der Waals surface area contributed by atoms with Gasteiger partial charge in [0.15, 0.2) is 0 Å². The Hall–Kier alpha value is -3.13. The fourth-order valence-corrected chi connectivity index (χ4v) is 4.30. The molecule has 0 bridgehead atoms. The lowest BCUT2D eigenvalue weighted by molar-refractivity contribution is -0.132. The Kier molecular flexibility index (Phi) is 6.08. The summed E-state index contributed by atoms with van der Waals surface area (Å²) in [5.74, 6) is 1.87. The summed E-state index contributed by atoms with van der Waals surface area (Å²) in [4.78, 5) is 34.7. The van der Waals surface area contributed by atoms with Crippen LogP contribution in [-0.4, -0.2) is 59.9 Å². The van der Waals surface area contributed by atoms with Crippen molar-refractivity contribution in [3.05, 3.63) is 58.3 Å². The van der Waals surface area contributed by atoms with Crippen molar-refractivity contribution in [2.75, 3.05) is 33.3 Å². The molecule has 1 fully saturated rings. The topological polar surface area (TPSA) is 75.9 Å². The summed E-state index contributed by atoms with van der Waals surface area (Å²) >= 11 is 1.55. The number of benzene rings is 1. The van der Waals surface area contributed by atoms with E-state index in [4.69, 9.17) is 9.15 Å². The monoisotopic (exact) mass is 439 g/mol. The fraction of sp³-hybridized carbons (Fsp3) is 0.348. The predicted molar refractivity (Wildman–Crippen MR) is 118 cm³/mol. The molecule has 0 aliphatic carbocycles. The number of hydrogen-bond donors (Lipinski definition) is 0. The minimum absolute atomic E-state index is 0.00164. The van der Waals surface area contributed by atoms with Gasteiger partial charge >= 0.3 is 0 Å². The summed E-state index contributed by atoms with van der Waals surface area (Å²) in [6.45, 7) is 5.78. The van der Waals surface area contributed by atoms with Crippen LogP contribution in [0.3, 0.4) is 0 Å². The van der Waals surface area contributed by atoms with Crippen molar-refractivity contribution in [2.45, 2.75) is 20.3 Å². The molecule has 31 heavy (non-hydrogen) atoms. The van der Waals surface area contributed by atoms with Gasteiger partial charge in [-0.1, -0.05) is 12.1 Å².